The summed E-state index contributed by atoms with van der Waals surface area (Å²) in [4.78, 5) is 16.0. The number of hydrogen-bond donors (Lipinski definition) is 1. The average Bonchev–Trinajstić information content (AvgIpc) is 3.11. The molecule has 3 nitrogen and oxygen atoms in total. The van der Waals surface area contributed by atoms with Gasteiger partial charge in [0.05, 0.1) is 0 Å². The smallest absolute Gasteiger partial charge is 0.240 e. The lowest BCUT2D eigenvalue weighted by Crippen LogP contribution is -2.61. The van der Waals surface area contributed by atoms with Crippen molar-refractivity contribution >= 4 is 29.1 Å². The van der Waals surface area contributed by atoms with E-state index in [9.17, 15) is 4.79 Å². The SMILES string of the molecule is CCCN(CCC)[C@@]12CC[C@@H](c3ccc(C)cc3Cl)[C@H](c3ccc(Cl)cc3)[C@@H]1CNC2=O. The molecule has 1 N–H and O–H groups in total. The lowest BCUT2D eigenvalue weighted by Gasteiger charge is -2.51. The monoisotopic (exact) mass is 472 g/mol. The molecule has 1 saturated carbocycles. The first-order chi connectivity index (χ1) is 15.4. The largest absolute Gasteiger partial charge is 0.354 e. The zero-order valence-corrected chi connectivity index (χ0v) is 20.8. The average molecular weight is 473 g/mol. The molecule has 0 spiro atoms. The summed E-state index contributed by atoms with van der Waals surface area (Å²) in [5, 5.41) is 4.83. The molecule has 2 aromatic carbocycles. The molecule has 4 atom stereocenters. The van der Waals surface area contributed by atoms with Crippen molar-refractivity contribution in [2.24, 2.45) is 5.92 Å². The van der Waals surface area contributed by atoms with Gasteiger partial charge in [0.2, 0.25) is 5.91 Å². The van der Waals surface area contributed by atoms with E-state index < -0.39 is 5.54 Å². The highest BCUT2D eigenvalue weighted by atomic mass is 35.5. The second-order valence-electron chi connectivity index (χ2n) is 9.48. The van der Waals surface area contributed by atoms with E-state index in [1.54, 1.807) is 0 Å². The Labute approximate surface area is 202 Å². The number of fused-ring (bicyclic) bond motifs is 1. The first kappa shape index (κ1) is 23.6. The Morgan fingerprint density at radius 3 is 2.38 bits per heavy atom. The van der Waals surface area contributed by atoms with Gasteiger partial charge in [-0.2, -0.15) is 0 Å². The second kappa shape index (κ2) is 9.75. The summed E-state index contributed by atoms with van der Waals surface area (Å²) in [5.74, 6) is 0.846. The van der Waals surface area contributed by atoms with Gasteiger partial charge in [-0.25, -0.2) is 0 Å². The van der Waals surface area contributed by atoms with Crippen LogP contribution in [0.4, 0.5) is 0 Å². The third kappa shape index (κ3) is 4.08. The molecule has 2 aliphatic rings. The summed E-state index contributed by atoms with van der Waals surface area (Å²) in [6.07, 6.45) is 3.88. The van der Waals surface area contributed by atoms with Crippen molar-refractivity contribution in [3.63, 3.8) is 0 Å². The number of hydrogen-bond acceptors (Lipinski definition) is 2. The number of amides is 1. The van der Waals surface area contributed by atoms with E-state index in [-0.39, 0.29) is 23.7 Å². The van der Waals surface area contributed by atoms with Crippen LogP contribution in [0, 0.1) is 12.8 Å². The van der Waals surface area contributed by atoms with Crippen molar-refractivity contribution in [1.82, 2.24) is 10.2 Å². The molecule has 0 radical (unpaired) electrons. The molecule has 1 aliphatic carbocycles. The Balaban J connectivity index is 1.84. The van der Waals surface area contributed by atoms with E-state index in [2.05, 4.69) is 61.3 Å². The van der Waals surface area contributed by atoms with Gasteiger partial charge in [0.25, 0.3) is 0 Å². The highest BCUT2D eigenvalue weighted by Crippen LogP contribution is 2.56. The van der Waals surface area contributed by atoms with Crippen LogP contribution in [0.2, 0.25) is 10.0 Å². The third-order valence-corrected chi connectivity index (χ3v) is 8.13. The van der Waals surface area contributed by atoms with Crippen LogP contribution in [0.25, 0.3) is 0 Å². The predicted octanol–water partition coefficient (Wildman–Crippen LogP) is 6.57. The molecular weight excluding hydrogens is 439 g/mol. The molecule has 32 heavy (non-hydrogen) atoms. The quantitative estimate of drug-likeness (QED) is 0.493. The standard InChI is InChI=1S/C27H34Cl2N2O/c1-4-14-31(15-5-2)27-13-12-22(21-11-6-18(3)16-24(21)29)25(23(27)17-30-26(27)32)19-7-9-20(28)10-8-19/h6-11,16,22-23,25H,4-5,12-15,17H2,1-3H3,(H,30,32)/t22-,23-,25-,27-/m0/s1. The van der Waals surface area contributed by atoms with Gasteiger partial charge in [0.15, 0.2) is 0 Å². The molecule has 172 valence electrons. The van der Waals surface area contributed by atoms with Crippen LogP contribution in [0.15, 0.2) is 42.5 Å². The maximum Gasteiger partial charge on any atom is 0.240 e. The fourth-order valence-electron chi connectivity index (χ4n) is 6.27. The molecular formula is C27H34Cl2N2O. The third-order valence-electron chi connectivity index (χ3n) is 7.55. The minimum Gasteiger partial charge on any atom is -0.354 e. The minimum atomic E-state index is -0.454. The number of carbonyl (C=O) groups excluding carboxylic acids is 1. The van der Waals surface area contributed by atoms with Crippen LogP contribution in [0.5, 0.6) is 0 Å². The predicted molar refractivity (Wildman–Crippen MR) is 134 cm³/mol. The minimum absolute atomic E-state index is 0.186. The zero-order chi connectivity index (χ0) is 22.9. The highest BCUT2D eigenvalue weighted by molar-refractivity contribution is 6.31. The zero-order valence-electron chi connectivity index (χ0n) is 19.3. The Morgan fingerprint density at radius 1 is 1.06 bits per heavy atom. The number of nitrogens with one attached hydrogen (secondary N) is 1. The summed E-state index contributed by atoms with van der Waals surface area (Å²) in [6, 6.07) is 14.6. The van der Waals surface area contributed by atoms with Gasteiger partial charge >= 0.3 is 0 Å². The van der Waals surface area contributed by atoms with Crippen molar-refractivity contribution in [2.45, 2.75) is 63.8 Å². The molecule has 0 aromatic heterocycles. The van der Waals surface area contributed by atoms with E-state index in [1.807, 2.05) is 12.1 Å². The maximum absolute atomic E-state index is 13.5. The van der Waals surface area contributed by atoms with Crippen LogP contribution in [0.1, 0.15) is 68.1 Å². The normalized spacial score (nSPS) is 27.4. The van der Waals surface area contributed by atoms with Gasteiger partial charge in [-0.1, -0.05) is 61.3 Å². The Hall–Kier alpha value is -1.55. The maximum atomic E-state index is 13.5. The summed E-state index contributed by atoms with van der Waals surface area (Å²) >= 11 is 13.0. The molecule has 0 bridgehead atoms. The van der Waals surface area contributed by atoms with E-state index >= 15 is 0 Å². The molecule has 1 saturated heterocycles. The molecule has 2 fully saturated rings. The fourth-order valence-corrected chi connectivity index (χ4v) is 6.77. The number of aryl methyl sites for hydroxylation is 1. The first-order valence-corrected chi connectivity index (χ1v) is 12.7. The number of benzene rings is 2. The number of nitrogens with zero attached hydrogens (tertiary/aromatic N) is 1. The Kier molecular flexibility index (Phi) is 7.19. The van der Waals surface area contributed by atoms with Crippen molar-refractivity contribution in [3.05, 3.63) is 69.2 Å². The molecule has 1 aliphatic heterocycles. The van der Waals surface area contributed by atoms with Crippen molar-refractivity contribution in [1.29, 1.82) is 0 Å². The van der Waals surface area contributed by atoms with Crippen LogP contribution in [-0.2, 0) is 4.79 Å². The molecule has 1 amide bonds. The fraction of sp³-hybridized carbons (Fsp3) is 0.519. The molecule has 5 heteroatoms. The summed E-state index contributed by atoms with van der Waals surface area (Å²) < 4.78 is 0. The lowest BCUT2D eigenvalue weighted by molar-refractivity contribution is -0.134. The van der Waals surface area contributed by atoms with Crippen molar-refractivity contribution in [3.8, 4) is 0 Å². The van der Waals surface area contributed by atoms with Crippen molar-refractivity contribution in [2.75, 3.05) is 19.6 Å². The number of halogens is 2. The van der Waals surface area contributed by atoms with Gasteiger partial charge in [-0.15, -0.1) is 0 Å². The van der Waals surface area contributed by atoms with E-state index in [4.69, 9.17) is 23.2 Å². The molecule has 1 heterocycles. The highest BCUT2D eigenvalue weighted by Gasteiger charge is 2.60. The molecule has 4 rings (SSSR count). The van der Waals surface area contributed by atoms with Crippen LogP contribution < -0.4 is 5.32 Å². The van der Waals surface area contributed by atoms with Crippen molar-refractivity contribution < 1.29 is 4.79 Å². The van der Waals surface area contributed by atoms with E-state index in [0.29, 0.717) is 6.54 Å². The van der Waals surface area contributed by atoms with Crippen LogP contribution >= 0.6 is 23.2 Å². The van der Waals surface area contributed by atoms with E-state index in [0.717, 1.165) is 48.8 Å². The van der Waals surface area contributed by atoms with Gasteiger partial charge in [0, 0.05) is 22.5 Å². The van der Waals surface area contributed by atoms with Crippen LogP contribution in [-0.4, -0.2) is 36.0 Å². The lowest BCUT2D eigenvalue weighted by atomic mass is 9.59. The van der Waals surface area contributed by atoms with Gasteiger partial charge in [-0.3, -0.25) is 9.69 Å². The summed E-state index contributed by atoms with van der Waals surface area (Å²) in [7, 11) is 0. The molecule has 0 unspecified atom stereocenters. The number of carbonyl (C=O) groups is 1. The molecule has 2 aromatic rings. The summed E-state index contributed by atoms with van der Waals surface area (Å²) in [6.45, 7) is 9.08. The van der Waals surface area contributed by atoms with Gasteiger partial charge in [-0.05, 0) is 92.4 Å². The van der Waals surface area contributed by atoms with Gasteiger partial charge < -0.3 is 5.32 Å². The topological polar surface area (TPSA) is 32.3 Å². The Morgan fingerprint density at radius 2 is 1.75 bits per heavy atom. The van der Waals surface area contributed by atoms with Crippen LogP contribution in [0.3, 0.4) is 0 Å². The second-order valence-corrected chi connectivity index (χ2v) is 10.3. The Bertz CT molecular complexity index is 955. The van der Waals surface area contributed by atoms with Gasteiger partial charge in [0.1, 0.15) is 5.54 Å². The number of rotatable bonds is 7. The van der Waals surface area contributed by atoms with E-state index in [1.165, 1.54) is 16.7 Å². The summed E-state index contributed by atoms with van der Waals surface area (Å²) in [5.41, 5.74) is 3.16. The first-order valence-electron chi connectivity index (χ1n) is 12.0.